The minimum absolute atomic E-state index is 0.298. The molecule has 0 aromatic carbocycles. The van der Waals surface area contributed by atoms with E-state index in [1.165, 1.54) is 26.4 Å². The molecule has 0 unspecified atom stereocenters. The highest BCUT2D eigenvalue weighted by molar-refractivity contribution is 5.60. The van der Waals surface area contributed by atoms with E-state index in [1.54, 1.807) is 0 Å². The van der Waals surface area contributed by atoms with Crippen LogP contribution < -0.4 is 0 Å². The Morgan fingerprint density at radius 1 is 1.07 bits per heavy atom. The second-order valence-electron chi connectivity index (χ2n) is 4.27. The maximum Gasteiger partial charge on any atom is 0.508 e. The van der Waals surface area contributed by atoms with E-state index in [0.717, 1.165) is 25.7 Å². The fraction of sp³-hybridized carbons (Fsp3) is 0.909. The fourth-order valence-corrected chi connectivity index (χ4v) is 2.00. The van der Waals surface area contributed by atoms with Crippen molar-refractivity contribution in [3.8, 4) is 0 Å². The minimum Gasteiger partial charge on any atom is -0.438 e. The molecule has 1 saturated carbocycles. The van der Waals surface area contributed by atoms with Crippen LogP contribution in [0, 0.1) is 0 Å². The van der Waals surface area contributed by atoms with E-state index in [9.17, 15) is 4.79 Å². The summed E-state index contributed by atoms with van der Waals surface area (Å²) >= 11 is 0. The first-order chi connectivity index (χ1) is 6.66. The van der Waals surface area contributed by atoms with Gasteiger partial charge in [-0.3, -0.25) is 0 Å². The minimum atomic E-state index is -0.548. The van der Waals surface area contributed by atoms with Crippen molar-refractivity contribution in [2.75, 3.05) is 7.11 Å². The van der Waals surface area contributed by atoms with Crippen LogP contribution in [-0.4, -0.2) is 18.9 Å². The van der Waals surface area contributed by atoms with Crippen LogP contribution in [0.1, 0.15) is 51.9 Å². The van der Waals surface area contributed by atoms with Crippen LogP contribution in [-0.2, 0) is 9.47 Å². The molecule has 0 aromatic rings. The summed E-state index contributed by atoms with van der Waals surface area (Å²) in [4.78, 5) is 11.0. The number of ether oxygens (including phenoxy) is 2. The van der Waals surface area contributed by atoms with Crippen molar-refractivity contribution in [3.05, 3.63) is 0 Å². The third kappa shape index (κ3) is 3.56. The van der Waals surface area contributed by atoms with Crippen LogP contribution in [0.3, 0.4) is 0 Å². The topological polar surface area (TPSA) is 35.5 Å². The van der Waals surface area contributed by atoms with Crippen molar-refractivity contribution in [2.45, 2.75) is 57.5 Å². The average molecular weight is 200 g/mol. The van der Waals surface area contributed by atoms with E-state index < -0.39 is 6.16 Å². The van der Waals surface area contributed by atoms with E-state index in [0.29, 0.717) is 0 Å². The second kappa shape index (κ2) is 5.23. The predicted molar refractivity (Wildman–Crippen MR) is 54.2 cm³/mol. The summed E-state index contributed by atoms with van der Waals surface area (Å²) in [6, 6.07) is 0. The van der Waals surface area contributed by atoms with Gasteiger partial charge in [0.15, 0.2) is 0 Å². The molecule has 0 N–H and O–H groups in total. The molecule has 0 radical (unpaired) electrons. The molecule has 0 amide bonds. The number of carbonyl (C=O) groups excluding carboxylic acids is 1. The monoisotopic (exact) mass is 200 g/mol. The zero-order chi connectivity index (χ0) is 10.4. The van der Waals surface area contributed by atoms with Crippen LogP contribution in [0.4, 0.5) is 4.79 Å². The van der Waals surface area contributed by atoms with E-state index >= 15 is 0 Å². The van der Waals surface area contributed by atoms with E-state index in [2.05, 4.69) is 4.74 Å². The lowest BCUT2D eigenvalue weighted by Gasteiger charge is -2.30. The lowest BCUT2D eigenvalue weighted by atomic mass is 9.88. The smallest absolute Gasteiger partial charge is 0.438 e. The summed E-state index contributed by atoms with van der Waals surface area (Å²) in [5.74, 6) is 0. The predicted octanol–water partition coefficient (Wildman–Crippen LogP) is 3.27. The fourth-order valence-electron chi connectivity index (χ4n) is 2.00. The molecular formula is C11H20O3. The Morgan fingerprint density at radius 3 is 2.07 bits per heavy atom. The molecule has 1 aliphatic carbocycles. The lowest BCUT2D eigenvalue weighted by molar-refractivity contribution is -0.0310. The number of methoxy groups -OCH3 is 1. The van der Waals surface area contributed by atoms with Crippen molar-refractivity contribution in [2.24, 2.45) is 0 Å². The molecule has 0 spiro atoms. The van der Waals surface area contributed by atoms with Gasteiger partial charge in [0.05, 0.1) is 7.11 Å². The highest BCUT2D eigenvalue weighted by Crippen LogP contribution is 2.29. The number of rotatable bonds is 1. The summed E-state index contributed by atoms with van der Waals surface area (Å²) in [5, 5.41) is 0. The van der Waals surface area contributed by atoms with Crippen molar-refractivity contribution in [1.82, 2.24) is 0 Å². The van der Waals surface area contributed by atoms with Crippen LogP contribution >= 0.6 is 0 Å². The Balaban J connectivity index is 2.46. The van der Waals surface area contributed by atoms with Gasteiger partial charge in [-0.25, -0.2) is 4.79 Å². The van der Waals surface area contributed by atoms with Gasteiger partial charge in [0, 0.05) is 0 Å². The number of hydrogen-bond donors (Lipinski definition) is 0. The molecule has 1 fully saturated rings. The van der Waals surface area contributed by atoms with Gasteiger partial charge in [-0.15, -0.1) is 0 Å². The standard InChI is InChI=1S/C11H20O3/c1-11(14-10(12)13-2)8-6-4-3-5-7-9-11/h3-9H2,1-2H3. The third-order valence-electron chi connectivity index (χ3n) is 2.91. The maximum atomic E-state index is 11.0. The molecule has 3 heteroatoms. The Hall–Kier alpha value is -0.730. The molecule has 0 atom stereocenters. The van der Waals surface area contributed by atoms with Crippen molar-refractivity contribution < 1.29 is 14.3 Å². The summed E-state index contributed by atoms with van der Waals surface area (Å²) in [7, 11) is 1.36. The Labute approximate surface area is 85.8 Å². The van der Waals surface area contributed by atoms with Crippen molar-refractivity contribution in [1.29, 1.82) is 0 Å². The zero-order valence-electron chi connectivity index (χ0n) is 9.17. The Bertz CT molecular complexity index is 181. The highest BCUT2D eigenvalue weighted by Gasteiger charge is 2.29. The maximum absolute atomic E-state index is 11.0. The SMILES string of the molecule is COC(=O)OC1(C)CCCCCCC1. The molecule has 0 aliphatic heterocycles. The van der Waals surface area contributed by atoms with Gasteiger partial charge in [-0.05, 0) is 32.6 Å². The van der Waals surface area contributed by atoms with Crippen molar-refractivity contribution >= 4 is 6.16 Å². The van der Waals surface area contributed by atoms with Crippen LogP contribution in [0.2, 0.25) is 0 Å². The van der Waals surface area contributed by atoms with E-state index in [4.69, 9.17) is 4.74 Å². The van der Waals surface area contributed by atoms with E-state index in [-0.39, 0.29) is 5.60 Å². The van der Waals surface area contributed by atoms with Gasteiger partial charge in [0.2, 0.25) is 0 Å². The molecule has 0 saturated heterocycles. The molecule has 3 nitrogen and oxygen atoms in total. The zero-order valence-corrected chi connectivity index (χ0v) is 9.17. The highest BCUT2D eigenvalue weighted by atomic mass is 16.7. The van der Waals surface area contributed by atoms with Gasteiger partial charge in [-0.2, -0.15) is 0 Å². The van der Waals surface area contributed by atoms with Gasteiger partial charge >= 0.3 is 6.16 Å². The molecule has 0 heterocycles. The summed E-state index contributed by atoms with van der Waals surface area (Å²) in [6.45, 7) is 2.01. The number of carbonyl (C=O) groups is 1. The molecule has 0 aromatic heterocycles. The average Bonchev–Trinajstić information content (AvgIpc) is 2.12. The Morgan fingerprint density at radius 2 is 1.57 bits per heavy atom. The molecule has 82 valence electrons. The summed E-state index contributed by atoms with van der Waals surface area (Å²) in [5.41, 5.74) is -0.298. The molecule has 0 bridgehead atoms. The number of hydrogen-bond acceptors (Lipinski definition) is 3. The summed E-state index contributed by atoms with van der Waals surface area (Å²) < 4.78 is 9.83. The van der Waals surface area contributed by atoms with Crippen LogP contribution in [0.15, 0.2) is 0 Å². The molecular weight excluding hydrogens is 180 g/mol. The van der Waals surface area contributed by atoms with Crippen LogP contribution in [0.25, 0.3) is 0 Å². The largest absolute Gasteiger partial charge is 0.508 e. The first kappa shape index (κ1) is 11.3. The van der Waals surface area contributed by atoms with Gasteiger partial charge in [0.1, 0.15) is 5.60 Å². The van der Waals surface area contributed by atoms with Crippen LogP contribution in [0.5, 0.6) is 0 Å². The first-order valence-electron chi connectivity index (χ1n) is 5.43. The third-order valence-corrected chi connectivity index (χ3v) is 2.91. The summed E-state index contributed by atoms with van der Waals surface area (Å²) in [6.07, 6.45) is 7.48. The molecule has 1 rings (SSSR count). The molecule has 1 aliphatic rings. The van der Waals surface area contributed by atoms with Gasteiger partial charge < -0.3 is 9.47 Å². The second-order valence-corrected chi connectivity index (χ2v) is 4.27. The van der Waals surface area contributed by atoms with E-state index in [1.807, 2.05) is 6.92 Å². The normalized spacial score (nSPS) is 21.9. The van der Waals surface area contributed by atoms with Crippen molar-refractivity contribution in [3.63, 3.8) is 0 Å². The lowest BCUT2D eigenvalue weighted by Crippen LogP contribution is -2.32. The van der Waals surface area contributed by atoms with Gasteiger partial charge in [-0.1, -0.05) is 19.3 Å². The first-order valence-corrected chi connectivity index (χ1v) is 5.43. The molecule has 14 heavy (non-hydrogen) atoms. The van der Waals surface area contributed by atoms with Gasteiger partial charge in [0.25, 0.3) is 0 Å². The Kier molecular flexibility index (Phi) is 4.23. The quantitative estimate of drug-likeness (QED) is 0.609.